The Balaban J connectivity index is 2.22. The van der Waals surface area contributed by atoms with E-state index in [0.29, 0.717) is 0 Å². The Morgan fingerprint density at radius 3 is 2.27 bits per heavy atom. The molecule has 2 rings (SSSR count). The predicted molar refractivity (Wildman–Crippen MR) is 64.7 cm³/mol. The molecule has 0 bridgehead atoms. The van der Waals surface area contributed by atoms with E-state index in [1.165, 1.54) is 0 Å². The van der Waals surface area contributed by atoms with E-state index in [4.69, 9.17) is 6.42 Å². The van der Waals surface area contributed by atoms with Crippen molar-refractivity contribution in [1.29, 1.82) is 0 Å². The first-order valence-corrected chi connectivity index (χ1v) is 5.38. The molecular formula is C14H8S. The summed E-state index contributed by atoms with van der Waals surface area (Å²) in [7, 11) is 0. The van der Waals surface area contributed by atoms with Gasteiger partial charge in [0.05, 0.1) is 4.88 Å². The molecule has 1 heterocycles. The van der Waals surface area contributed by atoms with E-state index in [-0.39, 0.29) is 0 Å². The molecule has 0 amide bonds. The molecule has 0 saturated heterocycles. The lowest BCUT2D eigenvalue weighted by molar-refractivity contribution is 1.60. The maximum absolute atomic E-state index is 5.27. The Kier molecular flexibility index (Phi) is 2.88. The second-order valence-electron chi connectivity index (χ2n) is 2.95. The summed E-state index contributed by atoms with van der Waals surface area (Å²) in [5, 5.41) is 2.02. The first kappa shape index (κ1) is 9.59. The molecular weight excluding hydrogens is 200 g/mol. The van der Waals surface area contributed by atoms with Crippen LogP contribution in [0.25, 0.3) is 0 Å². The average molecular weight is 208 g/mol. The number of benzene rings is 1. The average Bonchev–Trinajstić information content (AvgIpc) is 2.80. The molecule has 0 aliphatic carbocycles. The van der Waals surface area contributed by atoms with Crippen molar-refractivity contribution in [3.8, 4) is 24.2 Å². The Bertz CT molecular complexity index is 528. The molecule has 0 unspecified atom stereocenters. The fraction of sp³-hybridized carbons (Fsp3) is 0. The van der Waals surface area contributed by atoms with Gasteiger partial charge in [-0.2, -0.15) is 0 Å². The maximum atomic E-state index is 5.27. The minimum atomic E-state index is 0.886. The lowest BCUT2D eigenvalue weighted by Gasteiger charge is -1.90. The van der Waals surface area contributed by atoms with Crippen molar-refractivity contribution >= 4 is 11.3 Å². The monoisotopic (exact) mass is 208 g/mol. The van der Waals surface area contributed by atoms with E-state index in [0.717, 1.165) is 16.0 Å². The predicted octanol–water partition coefficient (Wildman–Crippen LogP) is 3.13. The van der Waals surface area contributed by atoms with Crippen molar-refractivity contribution in [1.82, 2.24) is 0 Å². The summed E-state index contributed by atoms with van der Waals surface area (Å²) in [6, 6.07) is 11.7. The number of hydrogen-bond acceptors (Lipinski definition) is 1. The van der Waals surface area contributed by atoms with Gasteiger partial charge < -0.3 is 0 Å². The van der Waals surface area contributed by atoms with E-state index < -0.39 is 0 Å². The van der Waals surface area contributed by atoms with Crippen LogP contribution in [-0.4, -0.2) is 0 Å². The van der Waals surface area contributed by atoms with Crippen LogP contribution in [0, 0.1) is 24.2 Å². The Labute approximate surface area is 93.6 Å². The van der Waals surface area contributed by atoms with Gasteiger partial charge in [-0.1, -0.05) is 23.8 Å². The third kappa shape index (κ3) is 2.50. The largest absolute Gasteiger partial charge is 0.135 e. The molecule has 0 fully saturated rings. The van der Waals surface area contributed by atoms with Crippen molar-refractivity contribution < 1.29 is 0 Å². The van der Waals surface area contributed by atoms with Gasteiger partial charge in [0.2, 0.25) is 0 Å². The molecule has 15 heavy (non-hydrogen) atoms. The lowest BCUT2D eigenvalue weighted by atomic mass is 10.1. The van der Waals surface area contributed by atoms with Gasteiger partial charge in [0.1, 0.15) is 0 Å². The van der Waals surface area contributed by atoms with E-state index >= 15 is 0 Å². The molecule has 0 aliphatic heterocycles. The Morgan fingerprint density at radius 1 is 0.933 bits per heavy atom. The van der Waals surface area contributed by atoms with Crippen molar-refractivity contribution in [2.75, 3.05) is 0 Å². The fourth-order valence-electron chi connectivity index (χ4n) is 1.13. The number of hydrogen-bond donors (Lipinski definition) is 0. The highest BCUT2D eigenvalue weighted by molar-refractivity contribution is 7.10. The molecule has 1 aromatic carbocycles. The van der Waals surface area contributed by atoms with E-state index in [9.17, 15) is 0 Å². The topological polar surface area (TPSA) is 0 Å². The standard InChI is InChI=1S/C14H8S/c1-2-12-5-7-13(8-6-12)9-10-14-4-3-11-15-14/h1,3-8,11H. The number of rotatable bonds is 0. The van der Waals surface area contributed by atoms with Gasteiger partial charge in [0, 0.05) is 11.1 Å². The van der Waals surface area contributed by atoms with Crippen molar-refractivity contribution in [2.45, 2.75) is 0 Å². The first-order chi connectivity index (χ1) is 7.38. The summed E-state index contributed by atoms with van der Waals surface area (Å²) in [5.74, 6) is 8.76. The van der Waals surface area contributed by atoms with Gasteiger partial charge in [-0.3, -0.25) is 0 Å². The van der Waals surface area contributed by atoms with E-state index in [1.54, 1.807) is 11.3 Å². The quantitative estimate of drug-likeness (QED) is 0.583. The zero-order chi connectivity index (χ0) is 10.5. The second kappa shape index (κ2) is 4.51. The second-order valence-corrected chi connectivity index (χ2v) is 3.90. The lowest BCUT2D eigenvalue weighted by Crippen LogP contribution is -1.76. The van der Waals surface area contributed by atoms with Crippen LogP contribution in [0.15, 0.2) is 41.8 Å². The molecule has 0 nitrogen and oxygen atoms in total. The van der Waals surface area contributed by atoms with Gasteiger partial charge in [0.15, 0.2) is 0 Å². The fourth-order valence-corrected chi connectivity index (χ4v) is 1.70. The SMILES string of the molecule is C#Cc1ccc(C#Cc2cccs2)cc1. The van der Waals surface area contributed by atoms with Gasteiger partial charge in [0.25, 0.3) is 0 Å². The van der Waals surface area contributed by atoms with Crippen molar-refractivity contribution in [2.24, 2.45) is 0 Å². The van der Waals surface area contributed by atoms with Crippen LogP contribution in [0.1, 0.15) is 16.0 Å². The van der Waals surface area contributed by atoms with E-state index in [1.807, 2.05) is 41.8 Å². The van der Waals surface area contributed by atoms with Crippen LogP contribution < -0.4 is 0 Å². The molecule has 1 heteroatoms. The van der Waals surface area contributed by atoms with E-state index in [2.05, 4.69) is 17.8 Å². The number of thiophene rings is 1. The summed E-state index contributed by atoms with van der Waals surface area (Å²) >= 11 is 1.64. The highest BCUT2D eigenvalue weighted by atomic mass is 32.1. The van der Waals surface area contributed by atoms with Crippen LogP contribution in [-0.2, 0) is 0 Å². The highest BCUT2D eigenvalue weighted by Gasteiger charge is 1.88. The molecule has 0 spiro atoms. The summed E-state index contributed by atoms with van der Waals surface area (Å²) in [5.41, 5.74) is 1.87. The molecule has 0 radical (unpaired) electrons. The normalized spacial score (nSPS) is 8.73. The Morgan fingerprint density at radius 2 is 1.67 bits per heavy atom. The summed E-state index contributed by atoms with van der Waals surface area (Å²) in [6.45, 7) is 0. The molecule has 2 aromatic rings. The van der Waals surface area contributed by atoms with Gasteiger partial charge in [-0.15, -0.1) is 17.8 Å². The summed E-state index contributed by atoms with van der Waals surface area (Å²) in [4.78, 5) is 1.08. The molecule has 0 N–H and O–H groups in total. The summed E-state index contributed by atoms with van der Waals surface area (Å²) in [6.07, 6.45) is 5.27. The maximum Gasteiger partial charge on any atom is 0.0772 e. The number of terminal acetylenes is 1. The molecule has 0 saturated carbocycles. The summed E-state index contributed by atoms with van der Waals surface area (Å²) < 4.78 is 0. The molecule has 1 aromatic heterocycles. The molecule has 70 valence electrons. The zero-order valence-electron chi connectivity index (χ0n) is 8.03. The van der Waals surface area contributed by atoms with Gasteiger partial charge in [-0.25, -0.2) is 0 Å². The molecule has 0 aliphatic rings. The third-order valence-electron chi connectivity index (χ3n) is 1.90. The van der Waals surface area contributed by atoms with Gasteiger partial charge >= 0.3 is 0 Å². The minimum absolute atomic E-state index is 0.886. The minimum Gasteiger partial charge on any atom is -0.135 e. The van der Waals surface area contributed by atoms with Crippen LogP contribution in [0.5, 0.6) is 0 Å². The first-order valence-electron chi connectivity index (χ1n) is 4.51. The van der Waals surface area contributed by atoms with Crippen LogP contribution >= 0.6 is 11.3 Å². The van der Waals surface area contributed by atoms with Gasteiger partial charge in [-0.05, 0) is 35.7 Å². The van der Waals surface area contributed by atoms with Crippen LogP contribution in [0.3, 0.4) is 0 Å². The van der Waals surface area contributed by atoms with Crippen LogP contribution in [0.4, 0.5) is 0 Å². The van der Waals surface area contributed by atoms with Crippen molar-refractivity contribution in [3.05, 3.63) is 57.8 Å². The highest BCUT2D eigenvalue weighted by Crippen LogP contribution is 2.07. The zero-order valence-corrected chi connectivity index (χ0v) is 8.84. The molecule has 0 atom stereocenters. The Hall–Kier alpha value is -1.96. The van der Waals surface area contributed by atoms with Crippen LogP contribution in [0.2, 0.25) is 0 Å². The smallest absolute Gasteiger partial charge is 0.0772 e. The van der Waals surface area contributed by atoms with Crippen molar-refractivity contribution in [3.63, 3.8) is 0 Å². The third-order valence-corrected chi connectivity index (χ3v) is 2.69.